The lowest BCUT2D eigenvalue weighted by Gasteiger charge is -2.17. The van der Waals surface area contributed by atoms with Crippen molar-refractivity contribution in [2.24, 2.45) is 0 Å². The molecule has 1 aromatic carbocycles. The predicted octanol–water partition coefficient (Wildman–Crippen LogP) is 1.26. The van der Waals surface area contributed by atoms with Crippen LogP contribution in [-0.2, 0) is 14.4 Å². The van der Waals surface area contributed by atoms with Crippen molar-refractivity contribution in [1.29, 1.82) is 0 Å². The summed E-state index contributed by atoms with van der Waals surface area (Å²) in [6.45, 7) is 3.58. The van der Waals surface area contributed by atoms with Gasteiger partial charge in [-0.05, 0) is 24.3 Å². The topological polar surface area (TPSA) is 134 Å². The molecule has 0 aliphatic heterocycles. The zero-order valence-electron chi connectivity index (χ0n) is 14.7. The Bertz CT molecular complexity index is 621. The fourth-order valence-electron chi connectivity index (χ4n) is 1.69. The number of thiol groups is 1. The van der Waals surface area contributed by atoms with Gasteiger partial charge in [0.25, 0.3) is 5.24 Å². The molecule has 0 aliphatic carbocycles. The number of ether oxygens (including phenoxy) is 1. The van der Waals surface area contributed by atoms with Crippen LogP contribution in [0.4, 0.5) is 10.5 Å². The molecule has 4 N–H and O–H groups in total. The first kappa shape index (κ1) is 23.2. The number of methoxy groups -OCH3 is 1. The van der Waals surface area contributed by atoms with E-state index in [1.165, 1.54) is 7.11 Å². The number of carbonyl (C=O) groups excluding carboxylic acids is 3. The number of rotatable bonds is 8. The molecule has 1 rings (SSSR count). The highest BCUT2D eigenvalue weighted by Gasteiger charge is 2.23. The van der Waals surface area contributed by atoms with Crippen LogP contribution in [-0.4, -0.2) is 47.8 Å². The molecule has 26 heavy (non-hydrogen) atoms. The van der Waals surface area contributed by atoms with E-state index in [-0.39, 0.29) is 0 Å². The quantitative estimate of drug-likeness (QED) is 0.428. The average molecular weight is 385 g/mol. The van der Waals surface area contributed by atoms with Crippen molar-refractivity contribution in [3.63, 3.8) is 0 Å². The summed E-state index contributed by atoms with van der Waals surface area (Å²) in [6, 6.07) is 5.06. The molecule has 0 unspecified atom stereocenters. The molecule has 1 aromatic rings. The van der Waals surface area contributed by atoms with Crippen molar-refractivity contribution in [3.8, 4) is 5.75 Å². The second-order valence-corrected chi connectivity index (χ2v) is 5.00. The molecule has 0 heterocycles. The first-order valence-electron chi connectivity index (χ1n) is 7.74. The average Bonchev–Trinajstić information content (AvgIpc) is 2.61. The van der Waals surface area contributed by atoms with Crippen LogP contribution < -0.4 is 20.7 Å². The van der Waals surface area contributed by atoms with Crippen molar-refractivity contribution in [3.05, 3.63) is 24.3 Å². The van der Waals surface area contributed by atoms with Crippen LogP contribution in [0.5, 0.6) is 5.75 Å². The van der Waals surface area contributed by atoms with E-state index in [9.17, 15) is 19.2 Å². The fourth-order valence-corrected chi connectivity index (χ4v) is 1.77. The smallest absolute Gasteiger partial charge is 0.305 e. The van der Waals surface area contributed by atoms with Gasteiger partial charge in [0.15, 0.2) is 0 Å². The number of aliphatic carboxylic acids is 1. The molecular weight excluding hydrogens is 362 g/mol. The van der Waals surface area contributed by atoms with Crippen LogP contribution in [0.3, 0.4) is 0 Å². The van der Waals surface area contributed by atoms with Gasteiger partial charge in [-0.15, -0.1) is 0 Å². The third kappa shape index (κ3) is 9.52. The van der Waals surface area contributed by atoms with E-state index in [0.29, 0.717) is 11.4 Å². The van der Waals surface area contributed by atoms with Crippen LogP contribution in [0.2, 0.25) is 0 Å². The Morgan fingerprint density at radius 1 is 1.15 bits per heavy atom. The molecule has 9 nitrogen and oxygen atoms in total. The molecule has 0 saturated heterocycles. The molecule has 1 atom stereocenters. The minimum Gasteiger partial charge on any atom is -0.497 e. The van der Waals surface area contributed by atoms with E-state index in [1.54, 1.807) is 24.3 Å². The minimum absolute atomic E-state index is 0.411. The van der Waals surface area contributed by atoms with Crippen LogP contribution in [0.15, 0.2) is 24.3 Å². The highest BCUT2D eigenvalue weighted by Crippen LogP contribution is 2.15. The van der Waals surface area contributed by atoms with Crippen LogP contribution in [0.1, 0.15) is 20.3 Å². The van der Waals surface area contributed by atoms with Crippen molar-refractivity contribution < 1.29 is 29.0 Å². The van der Waals surface area contributed by atoms with Crippen LogP contribution in [0, 0.1) is 0 Å². The Hall–Kier alpha value is -2.75. The SMILES string of the molecule is CC.COc1ccc(NC(=O)[C@H](CC(=O)O)NC(=O)CNC(=O)S)cc1. The van der Waals surface area contributed by atoms with Gasteiger partial charge in [-0.1, -0.05) is 26.5 Å². The number of carboxylic acid groups (broad SMARTS) is 1. The summed E-state index contributed by atoms with van der Waals surface area (Å²) in [5.74, 6) is -2.09. The molecule has 144 valence electrons. The van der Waals surface area contributed by atoms with Gasteiger partial charge in [0.05, 0.1) is 20.1 Å². The van der Waals surface area contributed by atoms with Crippen LogP contribution in [0.25, 0.3) is 0 Å². The van der Waals surface area contributed by atoms with Gasteiger partial charge in [-0.25, -0.2) is 0 Å². The lowest BCUT2D eigenvalue weighted by molar-refractivity contribution is -0.139. The lowest BCUT2D eigenvalue weighted by Crippen LogP contribution is -2.48. The summed E-state index contributed by atoms with van der Waals surface area (Å²) < 4.78 is 4.98. The monoisotopic (exact) mass is 385 g/mol. The molecule has 0 aromatic heterocycles. The van der Waals surface area contributed by atoms with E-state index in [4.69, 9.17) is 9.84 Å². The normalized spacial score (nSPS) is 10.5. The van der Waals surface area contributed by atoms with E-state index < -0.39 is 42.0 Å². The molecule has 0 aliphatic rings. The van der Waals surface area contributed by atoms with Crippen molar-refractivity contribution in [2.45, 2.75) is 26.3 Å². The molecular formula is C16H23N3O6S. The van der Waals surface area contributed by atoms with Crippen molar-refractivity contribution >= 4 is 41.3 Å². The third-order valence-corrected chi connectivity index (χ3v) is 2.95. The van der Waals surface area contributed by atoms with Gasteiger partial charge in [-0.3, -0.25) is 19.2 Å². The number of carboxylic acids is 1. The minimum atomic E-state index is -1.30. The Morgan fingerprint density at radius 2 is 1.73 bits per heavy atom. The zero-order chi connectivity index (χ0) is 20.1. The van der Waals surface area contributed by atoms with Gasteiger partial charge >= 0.3 is 5.97 Å². The van der Waals surface area contributed by atoms with Crippen LogP contribution >= 0.6 is 12.6 Å². The number of amides is 3. The van der Waals surface area contributed by atoms with Gasteiger partial charge < -0.3 is 25.8 Å². The summed E-state index contributed by atoms with van der Waals surface area (Å²) >= 11 is 3.43. The number of carbonyl (C=O) groups is 4. The number of hydrogen-bond donors (Lipinski definition) is 5. The molecule has 0 saturated carbocycles. The first-order chi connectivity index (χ1) is 12.3. The Balaban J connectivity index is 0.00000301. The Kier molecular flexibility index (Phi) is 11.3. The van der Waals surface area contributed by atoms with Gasteiger partial charge in [-0.2, -0.15) is 0 Å². The third-order valence-electron chi connectivity index (χ3n) is 2.79. The van der Waals surface area contributed by atoms with E-state index in [1.807, 2.05) is 13.8 Å². The summed E-state index contributed by atoms with van der Waals surface area (Å²) in [6.07, 6.45) is -0.609. The largest absolute Gasteiger partial charge is 0.497 e. The molecule has 0 bridgehead atoms. The van der Waals surface area contributed by atoms with Crippen molar-refractivity contribution in [1.82, 2.24) is 10.6 Å². The first-order valence-corrected chi connectivity index (χ1v) is 8.19. The Morgan fingerprint density at radius 3 is 2.19 bits per heavy atom. The van der Waals surface area contributed by atoms with Crippen molar-refractivity contribution in [2.75, 3.05) is 19.0 Å². The van der Waals surface area contributed by atoms with Gasteiger partial charge in [0, 0.05) is 5.69 Å². The number of benzene rings is 1. The predicted molar refractivity (Wildman–Crippen MR) is 99.5 cm³/mol. The summed E-state index contributed by atoms with van der Waals surface area (Å²) in [5, 5.41) is 15.0. The second-order valence-electron chi connectivity index (χ2n) is 4.59. The maximum Gasteiger partial charge on any atom is 0.305 e. The maximum atomic E-state index is 12.2. The molecule has 0 fully saturated rings. The van der Waals surface area contributed by atoms with Gasteiger partial charge in [0.1, 0.15) is 11.8 Å². The zero-order valence-corrected chi connectivity index (χ0v) is 15.6. The summed E-state index contributed by atoms with van der Waals surface area (Å²) in [5.41, 5.74) is 0.411. The van der Waals surface area contributed by atoms with E-state index >= 15 is 0 Å². The standard InChI is InChI=1S/C14H17N3O6S.C2H6/c1-23-9-4-2-8(3-5-9)16-13(21)10(6-12(19)20)17-11(18)7-15-14(22)24;1-2/h2-5,10H,6-7H2,1H3,(H,16,21)(H,17,18)(H,19,20)(H2,15,22,24);1-2H3/t10-;/m0./s1. The number of hydrogen-bond acceptors (Lipinski definition) is 5. The molecule has 3 amide bonds. The highest BCUT2D eigenvalue weighted by molar-refractivity contribution is 7.96. The van der Waals surface area contributed by atoms with Gasteiger partial charge in [0.2, 0.25) is 11.8 Å². The van der Waals surface area contributed by atoms with E-state index in [0.717, 1.165) is 0 Å². The summed E-state index contributed by atoms with van der Waals surface area (Å²) in [4.78, 5) is 45.3. The molecule has 10 heteroatoms. The number of nitrogens with one attached hydrogen (secondary N) is 3. The second kappa shape index (κ2) is 12.6. The maximum absolute atomic E-state index is 12.2. The lowest BCUT2D eigenvalue weighted by atomic mass is 10.1. The number of anilines is 1. The van der Waals surface area contributed by atoms with E-state index in [2.05, 4.69) is 28.6 Å². The molecule has 0 spiro atoms. The Labute approximate surface area is 156 Å². The fraction of sp³-hybridized carbons (Fsp3) is 0.375. The highest BCUT2D eigenvalue weighted by atomic mass is 32.1. The molecule has 0 radical (unpaired) electrons. The summed E-state index contributed by atoms with van der Waals surface area (Å²) in [7, 11) is 1.50.